The van der Waals surface area contributed by atoms with Gasteiger partial charge in [0, 0.05) is 43.2 Å². The van der Waals surface area contributed by atoms with Crippen LogP contribution in [0.4, 0.5) is 5.69 Å². The van der Waals surface area contributed by atoms with Gasteiger partial charge in [0.05, 0.1) is 23.9 Å². The van der Waals surface area contributed by atoms with Crippen LogP contribution in [0, 0.1) is 10.1 Å². The van der Waals surface area contributed by atoms with Gasteiger partial charge in [-0.05, 0) is 48.9 Å². The summed E-state index contributed by atoms with van der Waals surface area (Å²) in [7, 11) is 1.52. The smallest absolute Gasteiger partial charge is 0.280 e. The lowest BCUT2D eigenvalue weighted by atomic mass is 10.1. The van der Waals surface area contributed by atoms with E-state index in [0.717, 1.165) is 0 Å². The lowest BCUT2D eigenvalue weighted by Gasteiger charge is -2.11. The van der Waals surface area contributed by atoms with Crippen LogP contribution in [0.25, 0.3) is 17.4 Å². The lowest BCUT2D eigenvalue weighted by Crippen LogP contribution is -2.35. The molecule has 0 atom stereocenters. The zero-order valence-corrected chi connectivity index (χ0v) is 20.5. The summed E-state index contributed by atoms with van der Waals surface area (Å²) in [5, 5.41) is 16.8. The largest absolute Gasteiger partial charge is 0.497 e. The maximum Gasteiger partial charge on any atom is 0.280 e. The second kappa shape index (κ2) is 12.2. The van der Waals surface area contributed by atoms with Gasteiger partial charge in [0.15, 0.2) is 0 Å². The van der Waals surface area contributed by atoms with Crippen LogP contribution >= 0.6 is 0 Å². The number of amides is 2. The first kappa shape index (κ1) is 25.9. The van der Waals surface area contributed by atoms with Crippen molar-refractivity contribution in [3.8, 4) is 17.1 Å². The molecule has 0 unspecified atom stereocenters. The van der Waals surface area contributed by atoms with Crippen LogP contribution < -0.4 is 15.4 Å². The Morgan fingerprint density at radius 3 is 2.63 bits per heavy atom. The molecule has 0 saturated heterocycles. The number of hydrogen-bond acceptors (Lipinski definition) is 7. The Bertz CT molecular complexity index is 1440. The predicted molar refractivity (Wildman–Crippen MR) is 139 cm³/mol. The predicted octanol–water partition coefficient (Wildman–Crippen LogP) is 4.04. The average molecular weight is 516 g/mol. The van der Waals surface area contributed by atoms with Crippen molar-refractivity contribution in [1.82, 2.24) is 20.2 Å². The van der Waals surface area contributed by atoms with E-state index in [9.17, 15) is 19.7 Å². The van der Waals surface area contributed by atoms with Crippen molar-refractivity contribution in [3.05, 3.63) is 107 Å². The molecular formula is C27H25N5O6. The minimum Gasteiger partial charge on any atom is -0.497 e. The van der Waals surface area contributed by atoms with Gasteiger partial charge < -0.3 is 24.4 Å². The number of nitro benzene ring substituents is 1. The van der Waals surface area contributed by atoms with Gasteiger partial charge in [0.25, 0.3) is 17.5 Å². The van der Waals surface area contributed by atoms with E-state index in [2.05, 4.69) is 15.6 Å². The van der Waals surface area contributed by atoms with E-state index < -0.39 is 16.7 Å². The van der Waals surface area contributed by atoms with Crippen molar-refractivity contribution in [2.45, 2.75) is 13.0 Å². The number of nitro groups is 1. The summed E-state index contributed by atoms with van der Waals surface area (Å²) in [6, 6.07) is 15.8. The first-order chi connectivity index (χ1) is 18.4. The van der Waals surface area contributed by atoms with E-state index >= 15 is 0 Å². The van der Waals surface area contributed by atoms with Crippen molar-refractivity contribution in [2.75, 3.05) is 13.7 Å². The third kappa shape index (κ3) is 6.52. The molecular weight excluding hydrogens is 490 g/mol. The van der Waals surface area contributed by atoms with E-state index in [1.54, 1.807) is 67.1 Å². The molecule has 194 valence electrons. The molecule has 4 aromatic rings. The van der Waals surface area contributed by atoms with Crippen LogP contribution in [0.3, 0.4) is 0 Å². The van der Waals surface area contributed by atoms with E-state index in [0.29, 0.717) is 36.4 Å². The molecule has 0 aliphatic carbocycles. The summed E-state index contributed by atoms with van der Waals surface area (Å²) in [6.45, 7) is 1.02. The van der Waals surface area contributed by atoms with Crippen molar-refractivity contribution in [1.29, 1.82) is 0 Å². The number of carbonyl (C=O) groups excluding carboxylic acids is 2. The number of aromatic nitrogens is 2. The highest BCUT2D eigenvalue weighted by molar-refractivity contribution is 6.05. The number of furan rings is 1. The van der Waals surface area contributed by atoms with E-state index in [4.69, 9.17) is 9.15 Å². The molecule has 2 N–H and O–H groups in total. The van der Waals surface area contributed by atoms with Gasteiger partial charge in [-0.25, -0.2) is 4.98 Å². The van der Waals surface area contributed by atoms with Gasteiger partial charge in [-0.15, -0.1) is 0 Å². The van der Waals surface area contributed by atoms with Crippen LogP contribution in [-0.2, 0) is 11.3 Å². The number of nitrogens with one attached hydrogen (secondary N) is 2. The van der Waals surface area contributed by atoms with Crippen LogP contribution in [0.1, 0.15) is 22.5 Å². The Labute approximate surface area is 217 Å². The summed E-state index contributed by atoms with van der Waals surface area (Å²) in [5.74, 6) is 0.0621. The molecule has 0 bridgehead atoms. The maximum atomic E-state index is 13.0. The second-order valence-electron chi connectivity index (χ2n) is 8.13. The topological polar surface area (TPSA) is 142 Å². The number of rotatable bonds is 11. The van der Waals surface area contributed by atoms with E-state index in [1.165, 1.54) is 19.3 Å². The van der Waals surface area contributed by atoms with E-state index in [1.807, 2.05) is 10.8 Å². The Morgan fingerprint density at radius 1 is 1.13 bits per heavy atom. The standard InChI is InChI=1S/C27H25N5O6/c1-37-20-9-7-19(8-10-20)26(33)30-23(27(34)29-13-4-15-31-16-14-28-18-31)17-21-11-12-25(38-21)22-5-2-3-6-24(22)32(35)36/h2-3,5-12,14,16-18H,4,13,15H2,1H3,(H,29,34)(H,30,33)/b23-17-. The monoisotopic (exact) mass is 515 g/mol. The molecule has 0 radical (unpaired) electrons. The fraction of sp³-hybridized carbons (Fsp3) is 0.148. The molecule has 11 nitrogen and oxygen atoms in total. The third-order valence-electron chi connectivity index (χ3n) is 5.56. The first-order valence-electron chi connectivity index (χ1n) is 11.7. The highest BCUT2D eigenvalue weighted by Crippen LogP contribution is 2.31. The Hall–Kier alpha value is -5.19. The number of para-hydroxylation sites is 1. The minimum absolute atomic E-state index is 0.0445. The van der Waals surface area contributed by atoms with Crippen LogP contribution in [0.2, 0.25) is 0 Å². The van der Waals surface area contributed by atoms with E-state index in [-0.39, 0.29) is 22.9 Å². The molecule has 2 heterocycles. The van der Waals surface area contributed by atoms with Crippen LogP contribution in [-0.4, -0.2) is 39.9 Å². The summed E-state index contributed by atoms with van der Waals surface area (Å²) in [6.07, 6.45) is 7.21. The van der Waals surface area contributed by atoms with Gasteiger partial charge in [-0.3, -0.25) is 19.7 Å². The Kier molecular flexibility index (Phi) is 8.29. The summed E-state index contributed by atoms with van der Waals surface area (Å²) in [5.41, 5.74) is 0.465. The summed E-state index contributed by atoms with van der Waals surface area (Å²) < 4.78 is 12.8. The number of imidazole rings is 1. The Balaban J connectivity index is 1.54. The number of aryl methyl sites for hydroxylation is 1. The maximum absolute atomic E-state index is 13.0. The summed E-state index contributed by atoms with van der Waals surface area (Å²) in [4.78, 5) is 40.8. The van der Waals surface area contributed by atoms with Crippen molar-refractivity contribution < 1.29 is 23.7 Å². The first-order valence-corrected chi connectivity index (χ1v) is 11.7. The lowest BCUT2D eigenvalue weighted by molar-refractivity contribution is -0.384. The van der Waals surface area contributed by atoms with Crippen molar-refractivity contribution >= 4 is 23.6 Å². The average Bonchev–Trinajstić information content (AvgIpc) is 3.63. The van der Waals surface area contributed by atoms with Gasteiger partial charge in [-0.1, -0.05) is 12.1 Å². The van der Waals surface area contributed by atoms with Crippen LogP contribution in [0.15, 0.2) is 89.5 Å². The SMILES string of the molecule is COc1ccc(C(=O)N/C(=C\c2ccc(-c3ccccc3[N+](=O)[O-])o2)C(=O)NCCCn2ccnc2)cc1. The molecule has 0 saturated carbocycles. The quantitative estimate of drug-likeness (QED) is 0.133. The molecule has 38 heavy (non-hydrogen) atoms. The molecule has 0 aliphatic rings. The molecule has 0 aliphatic heterocycles. The number of benzene rings is 2. The molecule has 0 fully saturated rings. The van der Waals surface area contributed by atoms with Crippen molar-refractivity contribution in [2.24, 2.45) is 0 Å². The van der Waals surface area contributed by atoms with Gasteiger partial charge >= 0.3 is 0 Å². The molecule has 0 spiro atoms. The van der Waals surface area contributed by atoms with Gasteiger partial charge in [0.2, 0.25) is 0 Å². The molecule has 2 amide bonds. The van der Waals surface area contributed by atoms with Crippen LogP contribution in [0.5, 0.6) is 5.75 Å². The molecule has 4 rings (SSSR count). The number of methoxy groups -OCH3 is 1. The molecule has 11 heteroatoms. The fourth-order valence-electron chi connectivity index (χ4n) is 3.63. The Morgan fingerprint density at radius 2 is 1.92 bits per heavy atom. The zero-order valence-electron chi connectivity index (χ0n) is 20.5. The molecule has 2 aromatic carbocycles. The molecule has 2 aromatic heterocycles. The minimum atomic E-state index is -0.513. The number of ether oxygens (including phenoxy) is 1. The normalized spacial score (nSPS) is 11.1. The highest BCUT2D eigenvalue weighted by Gasteiger charge is 2.19. The zero-order chi connectivity index (χ0) is 26.9. The van der Waals surface area contributed by atoms with Gasteiger partial charge in [0.1, 0.15) is 23.0 Å². The second-order valence-corrected chi connectivity index (χ2v) is 8.13. The third-order valence-corrected chi connectivity index (χ3v) is 5.56. The fourth-order valence-corrected chi connectivity index (χ4v) is 3.63. The number of carbonyl (C=O) groups is 2. The van der Waals surface area contributed by atoms with Crippen molar-refractivity contribution in [3.63, 3.8) is 0 Å². The number of nitrogens with zero attached hydrogens (tertiary/aromatic N) is 3. The number of hydrogen-bond donors (Lipinski definition) is 2. The summed E-state index contributed by atoms with van der Waals surface area (Å²) >= 11 is 0. The highest BCUT2D eigenvalue weighted by atomic mass is 16.6. The van der Waals surface area contributed by atoms with Gasteiger partial charge in [-0.2, -0.15) is 0 Å².